The van der Waals surface area contributed by atoms with Crippen LogP contribution in [0.1, 0.15) is 0 Å². The molecule has 0 saturated carbocycles. The van der Waals surface area contributed by atoms with Crippen LogP contribution < -0.4 is 0 Å². The average molecular weight is 216 g/mol. The summed E-state index contributed by atoms with van der Waals surface area (Å²) in [5.74, 6) is -0.715. The van der Waals surface area contributed by atoms with Crippen LogP contribution in [0.4, 0.5) is 10.1 Å². The molecule has 0 amide bonds. The first-order valence-electron chi connectivity index (χ1n) is 3.57. The number of nitrogens with one attached hydrogen (secondary N) is 1. The number of non-ortho nitro benzene ring substituents is 1. The number of nitro groups is 1. The Bertz CT molecular complexity index is 525. The zero-order valence-corrected chi connectivity index (χ0v) is 7.38. The van der Waals surface area contributed by atoms with Crippen molar-refractivity contribution in [1.29, 1.82) is 0 Å². The highest BCUT2D eigenvalue weighted by atomic mass is 35.5. The second-order valence-electron chi connectivity index (χ2n) is 2.61. The monoisotopic (exact) mass is 215 g/mol. The van der Waals surface area contributed by atoms with E-state index in [2.05, 4.69) is 10.2 Å². The first-order chi connectivity index (χ1) is 6.59. The quantitative estimate of drug-likeness (QED) is 0.586. The van der Waals surface area contributed by atoms with Gasteiger partial charge in [0.1, 0.15) is 21.9 Å². The Labute approximate surface area is 81.6 Å². The number of halogens is 2. The molecule has 0 radical (unpaired) electrons. The molecule has 2 aromatic rings. The molecule has 0 unspecified atom stereocenters. The van der Waals surface area contributed by atoms with Gasteiger partial charge in [-0.3, -0.25) is 15.2 Å². The van der Waals surface area contributed by atoms with Gasteiger partial charge in [0.15, 0.2) is 0 Å². The summed E-state index contributed by atoms with van der Waals surface area (Å²) in [5.41, 5.74) is -0.250. The molecule has 0 spiro atoms. The molecule has 0 bridgehead atoms. The van der Waals surface area contributed by atoms with Crippen molar-refractivity contribution in [3.63, 3.8) is 0 Å². The number of benzene rings is 1. The second-order valence-corrected chi connectivity index (χ2v) is 2.99. The Balaban J connectivity index is 2.90. The fourth-order valence-corrected chi connectivity index (χ4v) is 1.44. The van der Waals surface area contributed by atoms with Gasteiger partial charge in [-0.05, 0) is 0 Å². The lowest BCUT2D eigenvalue weighted by Gasteiger charge is -1.93. The molecule has 1 aromatic heterocycles. The first kappa shape index (κ1) is 8.89. The molecule has 7 heteroatoms. The Kier molecular flexibility index (Phi) is 1.85. The molecule has 1 aromatic carbocycles. The van der Waals surface area contributed by atoms with Crippen molar-refractivity contribution >= 4 is 28.2 Å². The van der Waals surface area contributed by atoms with Crippen molar-refractivity contribution in [3.05, 3.63) is 33.2 Å². The maximum absolute atomic E-state index is 12.9. The summed E-state index contributed by atoms with van der Waals surface area (Å²) in [6, 6.07) is 1.88. The standard InChI is InChI=1S/C7H3ClFN3O2/c8-7-6-4(10-11-7)1-3(9)2-5(6)12(13)14/h1-2H,(H,10,11). The minimum atomic E-state index is -0.715. The smallest absolute Gasteiger partial charge is 0.266 e. The number of hydrogen-bond acceptors (Lipinski definition) is 3. The minimum absolute atomic E-state index is 0.0340. The van der Waals surface area contributed by atoms with Crippen LogP contribution in [0.3, 0.4) is 0 Å². The number of aromatic amines is 1. The maximum Gasteiger partial charge on any atom is 0.284 e. The van der Waals surface area contributed by atoms with E-state index in [-0.39, 0.29) is 16.1 Å². The van der Waals surface area contributed by atoms with Crippen molar-refractivity contribution < 1.29 is 9.31 Å². The van der Waals surface area contributed by atoms with Crippen LogP contribution in [0.15, 0.2) is 12.1 Å². The van der Waals surface area contributed by atoms with Crippen LogP contribution in [0.2, 0.25) is 5.15 Å². The molecule has 0 aliphatic rings. The Morgan fingerprint density at radius 3 is 2.93 bits per heavy atom. The molecule has 72 valence electrons. The molecular weight excluding hydrogens is 213 g/mol. The number of H-pyrrole nitrogens is 1. The predicted molar refractivity (Wildman–Crippen MR) is 47.7 cm³/mol. The van der Waals surface area contributed by atoms with Gasteiger partial charge in [0.25, 0.3) is 5.69 Å². The summed E-state index contributed by atoms with van der Waals surface area (Å²) >= 11 is 5.63. The van der Waals surface area contributed by atoms with E-state index in [0.29, 0.717) is 0 Å². The molecule has 2 rings (SSSR count). The van der Waals surface area contributed by atoms with Gasteiger partial charge < -0.3 is 0 Å². The summed E-state index contributed by atoms with van der Waals surface area (Å²) < 4.78 is 12.9. The van der Waals surface area contributed by atoms with Gasteiger partial charge in [-0.2, -0.15) is 5.10 Å². The predicted octanol–water partition coefficient (Wildman–Crippen LogP) is 2.26. The summed E-state index contributed by atoms with van der Waals surface area (Å²) in [6.07, 6.45) is 0. The van der Waals surface area contributed by atoms with Gasteiger partial charge in [0.2, 0.25) is 0 Å². The molecule has 0 atom stereocenters. The maximum atomic E-state index is 12.9. The number of nitro benzene ring substituents is 1. The summed E-state index contributed by atoms with van der Waals surface area (Å²) in [6.45, 7) is 0. The topological polar surface area (TPSA) is 71.8 Å². The van der Waals surface area contributed by atoms with Crippen molar-refractivity contribution in [2.75, 3.05) is 0 Å². The zero-order valence-electron chi connectivity index (χ0n) is 6.62. The summed E-state index contributed by atoms with van der Waals surface area (Å²) in [4.78, 5) is 9.85. The van der Waals surface area contributed by atoms with E-state index in [1.54, 1.807) is 0 Å². The third-order valence-electron chi connectivity index (χ3n) is 1.75. The molecule has 14 heavy (non-hydrogen) atoms. The van der Waals surface area contributed by atoms with Crippen LogP contribution in [-0.2, 0) is 0 Å². The molecule has 0 aliphatic carbocycles. The first-order valence-corrected chi connectivity index (χ1v) is 3.95. The normalized spacial score (nSPS) is 10.7. The Morgan fingerprint density at radius 1 is 1.57 bits per heavy atom. The fraction of sp³-hybridized carbons (Fsp3) is 0. The third kappa shape index (κ3) is 1.20. The third-order valence-corrected chi connectivity index (χ3v) is 2.03. The van der Waals surface area contributed by atoms with Crippen LogP contribution >= 0.6 is 11.6 Å². The number of nitrogens with zero attached hydrogens (tertiary/aromatic N) is 2. The van der Waals surface area contributed by atoms with Gasteiger partial charge in [-0.1, -0.05) is 11.6 Å². The minimum Gasteiger partial charge on any atom is -0.266 e. The molecule has 0 aliphatic heterocycles. The lowest BCUT2D eigenvalue weighted by molar-refractivity contribution is -0.383. The number of aromatic nitrogens is 2. The lowest BCUT2D eigenvalue weighted by atomic mass is 10.2. The largest absolute Gasteiger partial charge is 0.284 e. The van der Waals surface area contributed by atoms with Crippen molar-refractivity contribution in [3.8, 4) is 0 Å². The fourth-order valence-electron chi connectivity index (χ4n) is 1.20. The highest BCUT2D eigenvalue weighted by Crippen LogP contribution is 2.30. The van der Waals surface area contributed by atoms with Gasteiger partial charge in [-0.15, -0.1) is 0 Å². The zero-order chi connectivity index (χ0) is 10.3. The SMILES string of the molecule is O=[N+]([O-])c1cc(F)cc2n[nH]c(Cl)c12. The highest BCUT2D eigenvalue weighted by molar-refractivity contribution is 6.35. The number of hydrogen-bond donors (Lipinski definition) is 1. The molecular formula is C7H3ClFN3O2. The van der Waals surface area contributed by atoms with Crippen molar-refractivity contribution in [1.82, 2.24) is 10.2 Å². The molecule has 1 N–H and O–H groups in total. The Morgan fingerprint density at radius 2 is 2.29 bits per heavy atom. The summed E-state index contributed by atoms with van der Waals surface area (Å²) in [5, 5.41) is 16.7. The van der Waals surface area contributed by atoms with E-state index in [9.17, 15) is 14.5 Å². The molecule has 5 nitrogen and oxygen atoms in total. The van der Waals surface area contributed by atoms with Crippen molar-refractivity contribution in [2.45, 2.75) is 0 Å². The van der Waals surface area contributed by atoms with E-state index in [1.807, 2.05) is 0 Å². The van der Waals surface area contributed by atoms with Gasteiger partial charge in [0.05, 0.1) is 11.0 Å². The van der Waals surface area contributed by atoms with Crippen LogP contribution in [-0.4, -0.2) is 15.1 Å². The van der Waals surface area contributed by atoms with E-state index in [1.165, 1.54) is 0 Å². The molecule has 0 fully saturated rings. The Hall–Kier alpha value is -1.69. The lowest BCUT2D eigenvalue weighted by Crippen LogP contribution is -1.90. The van der Waals surface area contributed by atoms with Gasteiger partial charge in [-0.25, -0.2) is 4.39 Å². The molecule has 0 saturated heterocycles. The van der Waals surface area contributed by atoms with Crippen molar-refractivity contribution in [2.24, 2.45) is 0 Å². The van der Waals surface area contributed by atoms with E-state index < -0.39 is 16.4 Å². The van der Waals surface area contributed by atoms with Gasteiger partial charge >= 0.3 is 0 Å². The van der Waals surface area contributed by atoms with E-state index >= 15 is 0 Å². The molecule has 1 heterocycles. The van der Waals surface area contributed by atoms with E-state index in [0.717, 1.165) is 12.1 Å². The van der Waals surface area contributed by atoms with Gasteiger partial charge in [0, 0.05) is 6.07 Å². The summed E-state index contributed by atoms with van der Waals surface area (Å²) in [7, 11) is 0. The second kappa shape index (κ2) is 2.91. The average Bonchev–Trinajstić information content (AvgIpc) is 2.46. The van der Waals surface area contributed by atoms with Crippen LogP contribution in [0.25, 0.3) is 10.9 Å². The van der Waals surface area contributed by atoms with Crippen LogP contribution in [0.5, 0.6) is 0 Å². The number of fused-ring (bicyclic) bond motifs is 1. The highest BCUT2D eigenvalue weighted by Gasteiger charge is 2.19. The number of rotatable bonds is 1. The van der Waals surface area contributed by atoms with E-state index in [4.69, 9.17) is 11.6 Å². The van der Waals surface area contributed by atoms with Crippen LogP contribution in [0, 0.1) is 15.9 Å².